The van der Waals surface area contributed by atoms with Crippen molar-refractivity contribution in [3.8, 4) is 0 Å². The first-order chi connectivity index (χ1) is 8.50. The van der Waals surface area contributed by atoms with Gasteiger partial charge in [-0.25, -0.2) is 4.79 Å². The Morgan fingerprint density at radius 1 is 1.39 bits per heavy atom. The van der Waals surface area contributed by atoms with Gasteiger partial charge in [0.05, 0.1) is 5.56 Å². The first-order valence-corrected chi connectivity index (χ1v) is 6.94. The molecule has 0 aliphatic heterocycles. The van der Waals surface area contributed by atoms with Crippen molar-refractivity contribution in [1.29, 1.82) is 0 Å². The highest BCUT2D eigenvalue weighted by Crippen LogP contribution is 2.37. The van der Waals surface area contributed by atoms with Gasteiger partial charge in [0, 0.05) is 14.9 Å². The van der Waals surface area contributed by atoms with E-state index in [1.165, 1.54) is 17.4 Å². The summed E-state index contributed by atoms with van der Waals surface area (Å²) in [4.78, 5) is 11.7. The number of thiophene rings is 1. The van der Waals surface area contributed by atoms with Crippen LogP contribution in [0.5, 0.6) is 0 Å². The average molecular weight is 348 g/mol. The number of carboxylic acids is 1. The Morgan fingerprint density at radius 3 is 2.61 bits per heavy atom. The highest BCUT2D eigenvalue weighted by Gasteiger charge is 2.20. The molecule has 94 valence electrons. The molecule has 1 aromatic carbocycles. The summed E-state index contributed by atoms with van der Waals surface area (Å²) in [7, 11) is 0. The Labute approximate surface area is 121 Å². The summed E-state index contributed by atoms with van der Waals surface area (Å²) in [5.74, 6) is -1.06. The quantitative estimate of drug-likeness (QED) is 0.884. The highest BCUT2D eigenvalue weighted by molar-refractivity contribution is 9.10. The van der Waals surface area contributed by atoms with Gasteiger partial charge in [0.15, 0.2) is 0 Å². The van der Waals surface area contributed by atoms with Crippen LogP contribution in [0.15, 0.2) is 34.8 Å². The molecule has 6 heteroatoms. The SMILES string of the molecule is O=C(O)c1ccccc1C(O)c1cc(Br)c(Cl)s1. The summed E-state index contributed by atoms with van der Waals surface area (Å²) in [6.07, 6.45) is -0.994. The van der Waals surface area contributed by atoms with Crippen molar-refractivity contribution in [2.45, 2.75) is 6.10 Å². The number of carbonyl (C=O) groups is 1. The normalized spacial score (nSPS) is 12.4. The predicted octanol–water partition coefficient (Wildman–Crippen LogP) is 3.94. The van der Waals surface area contributed by atoms with E-state index in [1.807, 2.05) is 0 Å². The molecule has 2 N–H and O–H groups in total. The van der Waals surface area contributed by atoms with Crippen molar-refractivity contribution in [2.75, 3.05) is 0 Å². The molecule has 1 unspecified atom stereocenters. The molecule has 0 amide bonds. The number of hydrogen-bond donors (Lipinski definition) is 2. The molecular formula is C12H8BrClO3S. The molecular weight excluding hydrogens is 340 g/mol. The summed E-state index contributed by atoms with van der Waals surface area (Å²) in [5, 5.41) is 19.3. The fraction of sp³-hybridized carbons (Fsp3) is 0.0833. The van der Waals surface area contributed by atoms with Crippen molar-refractivity contribution >= 4 is 44.8 Å². The molecule has 0 aliphatic carbocycles. The Morgan fingerprint density at radius 2 is 2.06 bits per heavy atom. The van der Waals surface area contributed by atoms with Crippen LogP contribution in [-0.2, 0) is 0 Å². The molecule has 0 saturated heterocycles. The third-order valence-electron chi connectivity index (χ3n) is 2.42. The van der Waals surface area contributed by atoms with Crippen LogP contribution in [-0.4, -0.2) is 16.2 Å². The lowest BCUT2D eigenvalue weighted by molar-refractivity contribution is 0.0691. The van der Waals surface area contributed by atoms with Crippen LogP contribution in [0, 0.1) is 0 Å². The zero-order valence-corrected chi connectivity index (χ0v) is 12.1. The zero-order chi connectivity index (χ0) is 13.3. The van der Waals surface area contributed by atoms with E-state index in [-0.39, 0.29) is 5.56 Å². The number of aliphatic hydroxyl groups excluding tert-OH is 1. The first-order valence-electron chi connectivity index (χ1n) is 4.95. The van der Waals surface area contributed by atoms with E-state index in [1.54, 1.807) is 24.3 Å². The molecule has 1 aromatic heterocycles. The van der Waals surface area contributed by atoms with E-state index in [9.17, 15) is 9.90 Å². The number of aliphatic hydroxyl groups is 1. The van der Waals surface area contributed by atoms with Gasteiger partial charge in [0.1, 0.15) is 10.4 Å². The standard InChI is InChI=1S/C12H8BrClO3S/c13-8-5-9(18-11(8)14)10(15)6-3-1-2-4-7(6)12(16)17/h1-5,10,15H,(H,16,17). The Kier molecular flexibility index (Phi) is 4.07. The van der Waals surface area contributed by atoms with Crippen LogP contribution in [0.3, 0.4) is 0 Å². The predicted molar refractivity (Wildman–Crippen MR) is 74.5 cm³/mol. The fourth-order valence-corrected chi connectivity index (χ4v) is 3.32. The van der Waals surface area contributed by atoms with Crippen LogP contribution in [0.4, 0.5) is 0 Å². The van der Waals surface area contributed by atoms with Crippen LogP contribution >= 0.6 is 38.9 Å². The third-order valence-corrected chi connectivity index (χ3v) is 4.95. The van der Waals surface area contributed by atoms with E-state index in [4.69, 9.17) is 16.7 Å². The second kappa shape index (κ2) is 5.40. The summed E-state index contributed by atoms with van der Waals surface area (Å²) in [5.41, 5.74) is 0.445. The Hall–Kier alpha value is -0.880. The first kappa shape index (κ1) is 13.5. The maximum Gasteiger partial charge on any atom is 0.336 e. The molecule has 2 aromatic rings. The van der Waals surface area contributed by atoms with Crippen LogP contribution in [0.1, 0.15) is 26.9 Å². The number of carboxylic acid groups (broad SMARTS) is 1. The second-order valence-electron chi connectivity index (χ2n) is 3.57. The molecule has 0 bridgehead atoms. The topological polar surface area (TPSA) is 57.5 Å². The zero-order valence-electron chi connectivity index (χ0n) is 8.93. The number of rotatable bonds is 3. The largest absolute Gasteiger partial charge is 0.478 e. The second-order valence-corrected chi connectivity index (χ2v) is 6.11. The molecule has 0 aliphatic rings. The van der Waals surface area contributed by atoms with E-state index in [0.717, 1.165) is 0 Å². The molecule has 2 rings (SSSR count). The number of benzene rings is 1. The van der Waals surface area contributed by atoms with Crippen LogP contribution in [0.25, 0.3) is 0 Å². The maximum atomic E-state index is 11.1. The van der Waals surface area contributed by atoms with Crippen molar-refractivity contribution < 1.29 is 15.0 Å². The Balaban J connectivity index is 2.45. The van der Waals surface area contributed by atoms with E-state index >= 15 is 0 Å². The minimum Gasteiger partial charge on any atom is -0.478 e. The lowest BCUT2D eigenvalue weighted by atomic mass is 10.0. The van der Waals surface area contributed by atoms with Gasteiger partial charge >= 0.3 is 5.97 Å². The summed E-state index contributed by atoms with van der Waals surface area (Å²) in [6.45, 7) is 0. The minimum atomic E-state index is -1.06. The molecule has 18 heavy (non-hydrogen) atoms. The molecule has 0 fully saturated rings. The van der Waals surface area contributed by atoms with Gasteiger partial charge in [0.2, 0.25) is 0 Å². The van der Waals surface area contributed by atoms with Crippen LogP contribution < -0.4 is 0 Å². The van der Waals surface area contributed by atoms with Gasteiger partial charge in [-0.2, -0.15) is 0 Å². The van der Waals surface area contributed by atoms with Crippen molar-refractivity contribution in [3.63, 3.8) is 0 Å². The van der Waals surface area contributed by atoms with E-state index in [0.29, 0.717) is 19.2 Å². The van der Waals surface area contributed by atoms with E-state index < -0.39 is 12.1 Å². The summed E-state index contributed by atoms with van der Waals surface area (Å²) in [6, 6.07) is 8.06. The highest BCUT2D eigenvalue weighted by atomic mass is 79.9. The number of aromatic carboxylic acids is 1. The van der Waals surface area contributed by atoms with Gasteiger partial charge < -0.3 is 10.2 Å². The monoisotopic (exact) mass is 346 g/mol. The molecule has 0 saturated carbocycles. The maximum absolute atomic E-state index is 11.1. The van der Waals surface area contributed by atoms with E-state index in [2.05, 4.69) is 15.9 Å². The van der Waals surface area contributed by atoms with Gasteiger partial charge in [-0.15, -0.1) is 11.3 Å². The van der Waals surface area contributed by atoms with Crippen molar-refractivity contribution in [1.82, 2.24) is 0 Å². The van der Waals surface area contributed by atoms with Crippen molar-refractivity contribution in [2.24, 2.45) is 0 Å². The molecule has 1 atom stereocenters. The van der Waals surface area contributed by atoms with Crippen LogP contribution in [0.2, 0.25) is 4.34 Å². The Bertz CT molecular complexity index is 577. The molecule has 0 spiro atoms. The van der Waals surface area contributed by atoms with Gasteiger partial charge in [-0.1, -0.05) is 29.8 Å². The van der Waals surface area contributed by atoms with Crippen molar-refractivity contribution in [3.05, 3.63) is 55.1 Å². The van der Waals surface area contributed by atoms with Gasteiger partial charge in [0.25, 0.3) is 0 Å². The smallest absolute Gasteiger partial charge is 0.336 e. The van der Waals surface area contributed by atoms with Gasteiger partial charge in [-0.05, 0) is 28.1 Å². The number of hydrogen-bond acceptors (Lipinski definition) is 3. The lowest BCUT2D eigenvalue weighted by Gasteiger charge is -2.11. The van der Waals surface area contributed by atoms with Gasteiger partial charge in [-0.3, -0.25) is 0 Å². The summed E-state index contributed by atoms with van der Waals surface area (Å²) < 4.78 is 1.22. The molecule has 1 heterocycles. The fourth-order valence-electron chi connectivity index (χ4n) is 1.58. The lowest BCUT2D eigenvalue weighted by Crippen LogP contribution is -2.06. The third kappa shape index (κ3) is 2.59. The summed E-state index contributed by atoms with van der Waals surface area (Å²) >= 11 is 10.4. The average Bonchev–Trinajstić information content (AvgIpc) is 2.68. The minimum absolute atomic E-state index is 0.0886. The molecule has 3 nitrogen and oxygen atoms in total. The number of halogens is 2. The molecule has 0 radical (unpaired) electrons.